The minimum Gasteiger partial charge on any atom is -0.493 e. The number of nitrogens with zero attached hydrogens (tertiary/aromatic N) is 1. The molecule has 0 aliphatic heterocycles. The highest BCUT2D eigenvalue weighted by molar-refractivity contribution is 5.97. The molecule has 0 atom stereocenters. The van der Waals surface area contributed by atoms with E-state index in [0.717, 1.165) is 11.7 Å². The number of hydrogen-bond donors (Lipinski definition) is 0. The second-order valence-corrected chi connectivity index (χ2v) is 10.0. The van der Waals surface area contributed by atoms with E-state index in [2.05, 4.69) is 0 Å². The van der Waals surface area contributed by atoms with Gasteiger partial charge in [0.05, 0.1) is 41.5 Å². The van der Waals surface area contributed by atoms with Crippen LogP contribution in [0, 0.1) is 0 Å². The molecule has 47 heavy (non-hydrogen) atoms. The molecule has 0 aliphatic carbocycles. The quantitative estimate of drug-likeness (QED) is 0.137. The molecule has 0 bridgehead atoms. The van der Waals surface area contributed by atoms with Gasteiger partial charge in [-0.05, 0) is 66.6 Å². The summed E-state index contributed by atoms with van der Waals surface area (Å²) in [5.41, 5.74) is -7.61. The molecule has 0 fully saturated rings. The second-order valence-electron chi connectivity index (χ2n) is 10.0. The van der Waals surface area contributed by atoms with Crippen LogP contribution in [0.5, 0.6) is 11.5 Å². The van der Waals surface area contributed by atoms with E-state index in [0.29, 0.717) is 24.3 Å². The van der Waals surface area contributed by atoms with Crippen LogP contribution < -0.4 is 9.47 Å². The van der Waals surface area contributed by atoms with E-state index in [4.69, 9.17) is 14.2 Å². The van der Waals surface area contributed by atoms with Gasteiger partial charge in [0.2, 0.25) is 0 Å². The first-order valence-electron chi connectivity index (χ1n) is 13.2. The molecule has 1 aromatic heterocycles. The smallest absolute Gasteiger partial charge is 0.416 e. The Morgan fingerprint density at radius 1 is 0.638 bits per heavy atom. The second kappa shape index (κ2) is 12.6. The molecule has 0 saturated carbocycles. The number of carbonyl (C=O) groups is 1. The highest BCUT2D eigenvalue weighted by Crippen LogP contribution is 2.40. The van der Waals surface area contributed by atoms with E-state index >= 15 is 0 Å². The number of alkyl halides is 12. The number of halogens is 12. The average Bonchev–Trinajstić information content (AvgIpc) is 3.30. The molecule has 4 rings (SSSR count). The summed E-state index contributed by atoms with van der Waals surface area (Å²) < 4.78 is 177. The number of carbonyl (C=O) groups excluding carboxylic acids is 1. The van der Waals surface area contributed by atoms with Crippen LogP contribution in [0.4, 0.5) is 52.7 Å². The molecule has 4 aromatic rings. The van der Waals surface area contributed by atoms with E-state index < -0.39 is 77.2 Å². The number of benzene rings is 3. The van der Waals surface area contributed by atoms with Gasteiger partial charge in [0.25, 0.3) is 0 Å². The van der Waals surface area contributed by atoms with Crippen molar-refractivity contribution in [1.29, 1.82) is 0 Å². The van der Waals surface area contributed by atoms with E-state index in [1.54, 1.807) is 0 Å². The van der Waals surface area contributed by atoms with Crippen molar-refractivity contribution in [3.63, 3.8) is 0 Å². The van der Waals surface area contributed by atoms with E-state index in [1.165, 1.54) is 25.1 Å². The molecule has 0 radical (unpaired) electrons. The van der Waals surface area contributed by atoms with Gasteiger partial charge in [0, 0.05) is 18.0 Å². The number of methoxy groups -OCH3 is 1. The fraction of sp³-hybridized carbons (Fsp3) is 0.300. The Bertz CT molecular complexity index is 1720. The topological polar surface area (TPSA) is 49.7 Å². The summed E-state index contributed by atoms with van der Waals surface area (Å²) in [6, 6.07) is 5.29. The van der Waals surface area contributed by atoms with Gasteiger partial charge in [0.1, 0.15) is 12.3 Å². The predicted molar refractivity (Wildman–Crippen MR) is 141 cm³/mol. The monoisotopic (exact) mass is 687 g/mol. The standard InChI is InChI=1S/C30H21F12NO4/c1-3-46-26(44)23-8-17-9-25(47-14-16-6-20(29(37,38)39)11-21(7-16)30(40,41)42)24(45-2)12-22(17)43(23)13-15-4-18(27(31,32)33)10-19(5-15)28(34,35)36/h4-12H,3,13-14H2,1-2H3. The summed E-state index contributed by atoms with van der Waals surface area (Å²) in [5, 5.41) is 0.0897. The SMILES string of the molecule is CCOC(=O)c1cc2cc(OCc3cc(C(F)(F)F)cc(C(F)(F)F)c3)c(OC)cc2n1Cc1cc(C(F)(F)F)cc(C(F)(F)F)c1. The highest BCUT2D eigenvalue weighted by Gasteiger charge is 2.38. The van der Waals surface area contributed by atoms with Crippen molar-refractivity contribution >= 4 is 16.9 Å². The molecule has 0 unspecified atom stereocenters. The Morgan fingerprint density at radius 2 is 1.11 bits per heavy atom. The van der Waals surface area contributed by atoms with Crippen LogP contribution in [-0.4, -0.2) is 24.3 Å². The minimum absolute atomic E-state index is 0.0293. The zero-order chi connectivity index (χ0) is 35.1. The Kier molecular flexibility index (Phi) is 9.43. The van der Waals surface area contributed by atoms with E-state index in [1.807, 2.05) is 0 Å². The summed E-state index contributed by atoms with van der Waals surface area (Å²) in [6.07, 6.45) is -20.5. The summed E-state index contributed by atoms with van der Waals surface area (Å²) in [6.45, 7) is -0.222. The average molecular weight is 687 g/mol. The normalized spacial score (nSPS) is 12.8. The van der Waals surface area contributed by atoms with Gasteiger partial charge in [-0.25, -0.2) is 4.79 Å². The molecule has 17 heteroatoms. The van der Waals surface area contributed by atoms with Crippen LogP contribution in [-0.2, 0) is 42.6 Å². The molecule has 0 amide bonds. The first-order valence-corrected chi connectivity index (χ1v) is 13.2. The molecule has 0 aliphatic rings. The van der Waals surface area contributed by atoms with Crippen molar-refractivity contribution < 1.29 is 71.7 Å². The van der Waals surface area contributed by atoms with Crippen molar-refractivity contribution in [1.82, 2.24) is 4.57 Å². The number of esters is 1. The van der Waals surface area contributed by atoms with Crippen LogP contribution in [0.25, 0.3) is 10.9 Å². The number of hydrogen-bond acceptors (Lipinski definition) is 4. The molecular weight excluding hydrogens is 666 g/mol. The van der Waals surface area contributed by atoms with Crippen LogP contribution in [0.1, 0.15) is 50.8 Å². The first kappa shape index (κ1) is 35.3. The van der Waals surface area contributed by atoms with Gasteiger partial charge < -0.3 is 18.8 Å². The van der Waals surface area contributed by atoms with Crippen molar-refractivity contribution in [3.8, 4) is 11.5 Å². The molecule has 5 nitrogen and oxygen atoms in total. The van der Waals surface area contributed by atoms with Crippen molar-refractivity contribution in [2.45, 2.75) is 44.8 Å². The van der Waals surface area contributed by atoms with Crippen LogP contribution in [0.3, 0.4) is 0 Å². The number of fused-ring (bicyclic) bond motifs is 1. The number of ether oxygens (including phenoxy) is 3. The van der Waals surface area contributed by atoms with E-state index in [-0.39, 0.29) is 46.8 Å². The van der Waals surface area contributed by atoms with Gasteiger partial charge in [0.15, 0.2) is 11.5 Å². The van der Waals surface area contributed by atoms with Crippen molar-refractivity contribution in [3.05, 3.63) is 93.7 Å². The minimum atomic E-state index is -5.14. The zero-order valence-electron chi connectivity index (χ0n) is 23.9. The molecule has 3 aromatic carbocycles. The van der Waals surface area contributed by atoms with Crippen LogP contribution >= 0.6 is 0 Å². The predicted octanol–water partition coefficient (Wildman–Crippen LogP) is 9.53. The maximum absolute atomic E-state index is 13.5. The third-order valence-electron chi connectivity index (χ3n) is 6.70. The molecule has 254 valence electrons. The van der Waals surface area contributed by atoms with Crippen LogP contribution in [0.2, 0.25) is 0 Å². The molecule has 0 spiro atoms. The van der Waals surface area contributed by atoms with Crippen molar-refractivity contribution in [2.24, 2.45) is 0 Å². The molecule has 0 N–H and O–H groups in total. The van der Waals surface area contributed by atoms with Gasteiger partial charge in [-0.1, -0.05) is 0 Å². The maximum atomic E-state index is 13.5. The van der Waals surface area contributed by atoms with Crippen LogP contribution in [0.15, 0.2) is 54.6 Å². The summed E-state index contributed by atoms with van der Waals surface area (Å²) in [5.74, 6) is -1.41. The lowest BCUT2D eigenvalue weighted by molar-refractivity contribution is -0.144. The van der Waals surface area contributed by atoms with Gasteiger partial charge in [-0.2, -0.15) is 52.7 Å². The maximum Gasteiger partial charge on any atom is 0.416 e. The molecular formula is C30H21F12NO4. The Labute approximate surface area is 257 Å². The number of aromatic nitrogens is 1. The number of rotatable bonds is 8. The Balaban J connectivity index is 1.81. The molecule has 0 saturated heterocycles. The van der Waals surface area contributed by atoms with Gasteiger partial charge >= 0.3 is 30.7 Å². The summed E-state index contributed by atoms with van der Waals surface area (Å²) >= 11 is 0. The first-order chi connectivity index (χ1) is 21.6. The summed E-state index contributed by atoms with van der Waals surface area (Å²) in [4.78, 5) is 12.8. The lowest BCUT2D eigenvalue weighted by Crippen LogP contribution is -2.15. The third-order valence-corrected chi connectivity index (χ3v) is 6.70. The lowest BCUT2D eigenvalue weighted by Gasteiger charge is -2.17. The zero-order valence-corrected chi connectivity index (χ0v) is 23.9. The molecule has 1 heterocycles. The summed E-state index contributed by atoms with van der Waals surface area (Å²) in [7, 11) is 1.11. The van der Waals surface area contributed by atoms with Gasteiger partial charge in [-0.3, -0.25) is 0 Å². The third kappa shape index (κ3) is 8.05. The fourth-order valence-electron chi connectivity index (χ4n) is 4.64. The Morgan fingerprint density at radius 3 is 1.53 bits per heavy atom. The van der Waals surface area contributed by atoms with Crippen molar-refractivity contribution in [2.75, 3.05) is 13.7 Å². The largest absolute Gasteiger partial charge is 0.493 e. The lowest BCUT2D eigenvalue weighted by atomic mass is 10.0. The van der Waals surface area contributed by atoms with Gasteiger partial charge in [-0.15, -0.1) is 0 Å². The van der Waals surface area contributed by atoms with E-state index in [9.17, 15) is 57.5 Å². The fourth-order valence-corrected chi connectivity index (χ4v) is 4.64. The highest BCUT2D eigenvalue weighted by atomic mass is 19.4. The Hall–Kier alpha value is -4.57.